The Morgan fingerprint density at radius 2 is 2.04 bits per heavy atom. The highest BCUT2D eigenvalue weighted by atomic mass is 79.9. The van der Waals surface area contributed by atoms with Crippen LogP contribution in [-0.4, -0.2) is 21.5 Å². The lowest BCUT2D eigenvalue weighted by Gasteiger charge is -2.14. The van der Waals surface area contributed by atoms with E-state index in [-0.39, 0.29) is 23.7 Å². The van der Waals surface area contributed by atoms with Crippen LogP contribution in [-0.2, 0) is 13.6 Å². The van der Waals surface area contributed by atoms with Gasteiger partial charge in [0.25, 0.3) is 5.56 Å². The maximum absolute atomic E-state index is 13.7. The topological polar surface area (TPSA) is 96.3 Å². The number of halogens is 2. The summed E-state index contributed by atoms with van der Waals surface area (Å²) in [6.07, 6.45) is 0.594. The number of Topliss-reactive ketones (excluding diaryl/α,β-unsaturated/α-hetero) is 1. The number of hydrogen-bond acceptors (Lipinski definition) is 5. The van der Waals surface area contributed by atoms with Crippen LogP contribution in [0.25, 0.3) is 0 Å². The molecule has 0 saturated carbocycles. The van der Waals surface area contributed by atoms with E-state index in [4.69, 9.17) is 10.5 Å². The van der Waals surface area contributed by atoms with Gasteiger partial charge in [-0.2, -0.15) is 0 Å². The summed E-state index contributed by atoms with van der Waals surface area (Å²) in [5, 5.41) is 0. The zero-order valence-corrected chi connectivity index (χ0v) is 15.3. The van der Waals surface area contributed by atoms with E-state index in [2.05, 4.69) is 15.9 Å². The standard InChI is InChI=1S/C16H17BrFN3O4/c1-3-6-21-14(19)13(15(23)20(2)16(21)24)11(22)8-25-12-5-4-9(17)7-10(12)18/h4-5,7H,3,6,8,19H2,1-2H3. The van der Waals surface area contributed by atoms with E-state index in [9.17, 15) is 18.8 Å². The first-order valence-corrected chi connectivity index (χ1v) is 8.27. The van der Waals surface area contributed by atoms with E-state index in [0.29, 0.717) is 10.9 Å². The summed E-state index contributed by atoms with van der Waals surface area (Å²) in [4.78, 5) is 36.7. The number of nitrogens with zero attached hydrogens (tertiary/aromatic N) is 2. The quantitative estimate of drug-likeness (QED) is 0.726. The number of nitrogens with two attached hydrogens (primary N) is 1. The van der Waals surface area contributed by atoms with E-state index < -0.39 is 29.5 Å². The Balaban J connectivity index is 2.36. The molecule has 134 valence electrons. The van der Waals surface area contributed by atoms with Crippen LogP contribution in [0.3, 0.4) is 0 Å². The summed E-state index contributed by atoms with van der Waals surface area (Å²) in [5.41, 5.74) is 4.11. The molecule has 7 nitrogen and oxygen atoms in total. The van der Waals surface area contributed by atoms with Crippen molar-refractivity contribution in [3.8, 4) is 5.75 Å². The monoisotopic (exact) mass is 413 g/mol. The first-order valence-electron chi connectivity index (χ1n) is 7.48. The molecular weight excluding hydrogens is 397 g/mol. The van der Waals surface area contributed by atoms with E-state index in [0.717, 1.165) is 9.13 Å². The molecule has 0 fully saturated rings. The van der Waals surface area contributed by atoms with Crippen LogP contribution >= 0.6 is 15.9 Å². The van der Waals surface area contributed by atoms with E-state index in [1.807, 2.05) is 6.92 Å². The fourth-order valence-electron chi connectivity index (χ4n) is 2.29. The van der Waals surface area contributed by atoms with Gasteiger partial charge in [0.15, 0.2) is 18.2 Å². The predicted molar refractivity (Wildman–Crippen MR) is 94.6 cm³/mol. The zero-order valence-electron chi connectivity index (χ0n) is 13.7. The zero-order chi connectivity index (χ0) is 18.7. The summed E-state index contributed by atoms with van der Waals surface area (Å²) in [7, 11) is 1.27. The second-order valence-electron chi connectivity index (χ2n) is 5.35. The third-order valence-electron chi connectivity index (χ3n) is 3.56. The molecule has 0 aliphatic rings. The Kier molecular flexibility index (Phi) is 5.78. The van der Waals surface area contributed by atoms with E-state index >= 15 is 0 Å². The first kappa shape index (κ1) is 18.9. The molecule has 9 heteroatoms. The molecule has 1 heterocycles. The smallest absolute Gasteiger partial charge is 0.332 e. The van der Waals surface area contributed by atoms with Gasteiger partial charge in [-0.1, -0.05) is 22.9 Å². The number of ketones is 1. The summed E-state index contributed by atoms with van der Waals surface area (Å²) < 4.78 is 21.4. The van der Waals surface area contributed by atoms with Gasteiger partial charge in [0.05, 0.1) is 0 Å². The molecule has 0 aliphatic carbocycles. The summed E-state index contributed by atoms with van der Waals surface area (Å²) in [6, 6.07) is 4.10. The number of anilines is 1. The van der Waals surface area contributed by atoms with Gasteiger partial charge in [-0.05, 0) is 24.6 Å². The molecule has 2 aromatic rings. The van der Waals surface area contributed by atoms with Crippen molar-refractivity contribution in [1.29, 1.82) is 0 Å². The van der Waals surface area contributed by atoms with Gasteiger partial charge in [-0.25, -0.2) is 9.18 Å². The lowest BCUT2D eigenvalue weighted by Crippen LogP contribution is -2.43. The fraction of sp³-hybridized carbons (Fsp3) is 0.312. The molecule has 0 bridgehead atoms. The van der Waals surface area contributed by atoms with Crippen LogP contribution in [0.5, 0.6) is 5.75 Å². The first-order chi connectivity index (χ1) is 11.8. The van der Waals surface area contributed by atoms with Gasteiger partial charge in [0.1, 0.15) is 11.4 Å². The van der Waals surface area contributed by atoms with Gasteiger partial charge in [0.2, 0.25) is 5.78 Å². The molecular formula is C16H17BrFN3O4. The number of nitrogen functional groups attached to an aromatic ring is 1. The van der Waals surface area contributed by atoms with Gasteiger partial charge in [-0.3, -0.25) is 18.7 Å². The Morgan fingerprint density at radius 3 is 2.64 bits per heavy atom. The van der Waals surface area contributed by atoms with Crippen molar-refractivity contribution in [2.24, 2.45) is 7.05 Å². The Bertz CT molecular complexity index is 936. The minimum atomic E-state index is -0.806. The molecule has 0 unspecified atom stereocenters. The van der Waals surface area contributed by atoms with Crippen molar-refractivity contribution in [3.05, 3.63) is 54.9 Å². The number of aromatic nitrogens is 2. The minimum Gasteiger partial charge on any atom is -0.482 e. The van der Waals surface area contributed by atoms with Crippen LogP contribution in [0.15, 0.2) is 32.3 Å². The molecule has 0 atom stereocenters. The van der Waals surface area contributed by atoms with Crippen LogP contribution in [0, 0.1) is 5.82 Å². The van der Waals surface area contributed by atoms with Crippen molar-refractivity contribution in [3.63, 3.8) is 0 Å². The highest BCUT2D eigenvalue weighted by molar-refractivity contribution is 9.10. The molecule has 0 aliphatic heterocycles. The SMILES string of the molecule is CCCn1c(N)c(C(=O)COc2ccc(Br)cc2F)c(=O)n(C)c1=O. The molecule has 1 aromatic carbocycles. The van der Waals surface area contributed by atoms with Crippen LogP contribution in [0.2, 0.25) is 0 Å². The number of carbonyl (C=O) groups excluding carboxylic acids is 1. The van der Waals surface area contributed by atoms with E-state index in [1.165, 1.54) is 19.2 Å². The molecule has 2 N–H and O–H groups in total. The lowest BCUT2D eigenvalue weighted by atomic mass is 10.2. The fourth-order valence-corrected chi connectivity index (χ4v) is 2.63. The van der Waals surface area contributed by atoms with Gasteiger partial charge < -0.3 is 10.5 Å². The Morgan fingerprint density at radius 1 is 1.36 bits per heavy atom. The van der Waals surface area contributed by atoms with Crippen LogP contribution in [0.4, 0.5) is 10.2 Å². The molecule has 0 amide bonds. The molecule has 0 radical (unpaired) electrons. The largest absolute Gasteiger partial charge is 0.482 e. The third kappa shape index (κ3) is 3.81. The van der Waals surface area contributed by atoms with Crippen molar-refractivity contribution < 1.29 is 13.9 Å². The van der Waals surface area contributed by atoms with Gasteiger partial charge in [0, 0.05) is 18.1 Å². The molecule has 0 spiro atoms. The molecule has 25 heavy (non-hydrogen) atoms. The van der Waals surface area contributed by atoms with Gasteiger partial charge >= 0.3 is 5.69 Å². The second-order valence-corrected chi connectivity index (χ2v) is 6.26. The number of ether oxygens (including phenoxy) is 1. The summed E-state index contributed by atoms with van der Waals surface area (Å²) in [6.45, 7) is 1.52. The van der Waals surface area contributed by atoms with Gasteiger partial charge in [-0.15, -0.1) is 0 Å². The Hall–Kier alpha value is -2.42. The lowest BCUT2D eigenvalue weighted by molar-refractivity contribution is 0.0916. The maximum atomic E-state index is 13.7. The van der Waals surface area contributed by atoms with Crippen molar-refractivity contribution >= 4 is 27.5 Å². The number of benzene rings is 1. The van der Waals surface area contributed by atoms with Crippen LogP contribution in [0.1, 0.15) is 23.7 Å². The number of hydrogen-bond donors (Lipinski definition) is 1. The Labute approximate surface area is 151 Å². The normalized spacial score (nSPS) is 10.7. The average molecular weight is 414 g/mol. The minimum absolute atomic E-state index is 0.131. The highest BCUT2D eigenvalue weighted by Gasteiger charge is 2.22. The third-order valence-corrected chi connectivity index (χ3v) is 4.06. The molecule has 0 saturated heterocycles. The average Bonchev–Trinajstić information content (AvgIpc) is 2.56. The number of carbonyl (C=O) groups is 1. The second kappa shape index (κ2) is 7.64. The maximum Gasteiger partial charge on any atom is 0.332 e. The summed E-state index contributed by atoms with van der Waals surface area (Å²) >= 11 is 3.11. The van der Waals surface area contributed by atoms with Crippen LogP contribution < -0.4 is 21.7 Å². The predicted octanol–water partition coefficient (Wildman–Crippen LogP) is 1.70. The summed E-state index contributed by atoms with van der Waals surface area (Å²) in [5.74, 6) is -1.72. The highest BCUT2D eigenvalue weighted by Crippen LogP contribution is 2.21. The molecule has 1 aromatic heterocycles. The van der Waals surface area contributed by atoms with Crippen molar-refractivity contribution in [2.45, 2.75) is 19.9 Å². The van der Waals surface area contributed by atoms with Crippen molar-refractivity contribution in [2.75, 3.05) is 12.3 Å². The van der Waals surface area contributed by atoms with E-state index in [1.54, 1.807) is 6.07 Å². The molecule has 2 rings (SSSR count). The number of rotatable bonds is 6. The van der Waals surface area contributed by atoms with Crippen molar-refractivity contribution in [1.82, 2.24) is 9.13 Å².